The standard InChI is InChI=1S/C17H17ClN4O/c1-22(2)12-9-7-11(8-10-12)17(15(23)20-16(19)21-17)13-5-3-4-6-14(13)18/h3-10H,1-2H3,(H3,19,20,21,23). The number of anilines is 1. The Morgan fingerprint density at radius 2 is 1.78 bits per heavy atom. The number of hydrogen-bond acceptors (Lipinski definition) is 4. The fraction of sp³-hybridized carbons (Fsp3) is 0.176. The van der Waals surface area contributed by atoms with E-state index in [1.54, 1.807) is 12.1 Å². The number of halogens is 1. The predicted molar refractivity (Wildman–Crippen MR) is 92.8 cm³/mol. The number of carbonyl (C=O) groups excluding carboxylic acids is 1. The van der Waals surface area contributed by atoms with Gasteiger partial charge in [0.15, 0.2) is 11.5 Å². The van der Waals surface area contributed by atoms with Gasteiger partial charge in [-0.15, -0.1) is 0 Å². The summed E-state index contributed by atoms with van der Waals surface area (Å²) in [7, 11) is 3.91. The molecule has 1 atom stereocenters. The molecule has 0 bridgehead atoms. The van der Waals surface area contributed by atoms with Crippen molar-refractivity contribution in [1.29, 1.82) is 0 Å². The second-order valence-corrected chi connectivity index (χ2v) is 5.99. The Kier molecular flexibility index (Phi) is 3.74. The average molecular weight is 329 g/mol. The molecule has 2 aromatic carbocycles. The van der Waals surface area contributed by atoms with E-state index in [-0.39, 0.29) is 11.9 Å². The molecule has 2 aromatic rings. The van der Waals surface area contributed by atoms with Crippen molar-refractivity contribution in [2.24, 2.45) is 10.7 Å². The zero-order valence-corrected chi connectivity index (χ0v) is 13.6. The van der Waals surface area contributed by atoms with Gasteiger partial charge in [-0.1, -0.05) is 41.9 Å². The molecule has 1 aliphatic rings. The summed E-state index contributed by atoms with van der Waals surface area (Å²) < 4.78 is 0. The summed E-state index contributed by atoms with van der Waals surface area (Å²) in [6.07, 6.45) is 0. The van der Waals surface area contributed by atoms with E-state index < -0.39 is 5.54 Å². The molecule has 0 radical (unpaired) electrons. The average Bonchev–Trinajstić information content (AvgIpc) is 2.83. The highest BCUT2D eigenvalue weighted by Crippen LogP contribution is 2.40. The molecule has 6 heteroatoms. The third-order valence-corrected chi connectivity index (χ3v) is 4.25. The number of guanidine groups is 1. The lowest BCUT2D eigenvalue weighted by atomic mass is 9.83. The van der Waals surface area contributed by atoms with Crippen LogP contribution in [0.1, 0.15) is 11.1 Å². The van der Waals surface area contributed by atoms with Crippen molar-refractivity contribution >= 4 is 29.2 Å². The number of nitrogens with one attached hydrogen (secondary N) is 1. The minimum absolute atomic E-state index is 0.0894. The highest BCUT2D eigenvalue weighted by atomic mass is 35.5. The second-order valence-electron chi connectivity index (χ2n) is 5.58. The number of aliphatic imine (C=N–C) groups is 1. The Morgan fingerprint density at radius 3 is 2.30 bits per heavy atom. The van der Waals surface area contributed by atoms with Gasteiger partial charge in [-0.3, -0.25) is 10.1 Å². The van der Waals surface area contributed by atoms with Crippen LogP contribution in [0.5, 0.6) is 0 Å². The molecule has 3 rings (SSSR count). The van der Waals surface area contributed by atoms with Crippen LogP contribution in [0.2, 0.25) is 5.02 Å². The number of hydrogen-bond donors (Lipinski definition) is 2. The minimum atomic E-state index is -1.26. The second kappa shape index (κ2) is 5.59. The van der Waals surface area contributed by atoms with Gasteiger partial charge in [-0.25, -0.2) is 4.99 Å². The van der Waals surface area contributed by atoms with Gasteiger partial charge in [0.05, 0.1) is 0 Å². The fourth-order valence-electron chi connectivity index (χ4n) is 2.76. The van der Waals surface area contributed by atoms with Crippen LogP contribution < -0.4 is 16.0 Å². The van der Waals surface area contributed by atoms with Gasteiger partial charge in [0, 0.05) is 30.4 Å². The molecule has 118 valence electrons. The van der Waals surface area contributed by atoms with Crippen molar-refractivity contribution in [3.8, 4) is 0 Å². The van der Waals surface area contributed by atoms with E-state index in [1.807, 2.05) is 55.4 Å². The maximum Gasteiger partial charge on any atom is 0.264 e. The molecule has 3 N–H and O–H groups in total. The van der Waals surface area contributed by atoms with Crippen LogP contribution in [0, 0.1) is 0 Å². The van der Waals surface area contributed by atoms with Crippen LogP contribution in [0.15, 0.2) is 53.5 Å². The molecule has 0 aliphatic carbocycles. The Labute approximate surface area is 139 Å². The van der Waals surface area contributed by atoms with Gasteiger partial charge >= 0.3 is 0 Å². The largest absolute Gasteiger partial charge is 0.378 e. The Hall–Kier alpha value is -2.53. The van der Waals surface area contributed by atoms with Crippen LogP contribution in [0.4, 0.5) is 5.69 Å². The normalized spacial score (nSPS) is 20.1. The molecule has 1 amide bonds. The van der Waals surface area contributed by atoms with Crippen molar-refractivity contribution in [3.63, 3.8) is 0 Å². The lowest BCUT2D eigenvalue weighted by Crippen LogP contribution is -2.40. The summed E-state index contributed by atoms with van der Waals surface area (Å²) in [6.45, 7) is 0. The van der Waals surface area contributed by atoms with Crippen LogP contribution in [0.25, 0.3) is 0 Å². The lowest BCUT2D eigenvalue weighted by Gasteiger charge is -2.26. The third kappa shape index (κ3) is 2.43. The molecule has 0 saturated heterocycles. The first-order valence-electron chi connectivity index (χ1n) is 7.15. The van der Waals surface area contributed by atoms with Crippen LogP contribution in [-0.2, 0) is 10.3 Å². The van der Waals surface area contributed by atoms with Crippen molar-refractivity contribution < 1.29 is 4.79 Å². The van der Waals surface area contributed by atoms with E-state index >= 15 is 0 Å². The summed E-state index contributed by atoms with van der Waals surface area (Å²) in [6, 6.07) is 14.8. The first kappa shape index (κ1) is 15.4. The smallest absolute Gasteiger partial charge is 0.264 e. The Morgan fingerprint density at radius 1 is 1.13 bits per heavy atom. The number of benzene rings is 2. The van der Waals surface area contributed by atoms with Crippen molar-refractivity contribution in [3.05, 3.63) is 64.7 Å². The fourth-order valence-corrected chi connectivity index (χ4v) is 3.03. The van der Waals surface area contributed by atoms with Crippen LogP contribution in [-0.4, -0.2) is 26.0 Å². The zero-order chi connectivity index (χ0) is 16.6. The third-order valence-electron chi connectivity index (χ3n) is 3.92. The number of nitrogens with zero attached hydrogens (tertiary/aromatic N) is 2. The SMILES string of the molecule is CN(C)c1ccc(C2(c3ccccc3Cl)N=C(N)NC2=O)cc1. The summed E-state index contributed by atoms with van der Waals surface area (Å²) in [5.41, 5.74) is 6.87. The molecule has 0 saturated carbocycles. The lowest BCUT2D eigenvalue weighted by molar-refractivity contribution is -0.122. The van der Waals surface area contributed by atoms with Crippen molar-refractivity contribution in [2.75, 3.05) is 19.0 Å². The molecule has 1 unspecified atom stereocenters. The van der Waals surface area contributed by atoms with E-state index in [0.717, 1.165) is 5.69 Å². The summed E-state index contributed by atoms with van der Waals surface area (Å²) in [5.74, 6) is -0.215. The van der Waals surface area contributed by atoms with Crippen molar-refractivity contribution in [1.82, 2.24) is 5.32 Å². The van der Waals surface area contributed by atoms with Gasteiger partial charge in [0.25, 0.3) is 5.91 Å². The predicted octanol–water partition coefficient (Wildman–Crippen LogP) is 2.09. The van der Waals surface area contributed by atoms with Gasteiger partial charge < -0.3 is 10.6 Å². The van der Waals surface area contributed by atoms with E-state index in [1.165, 1.54) is 0 Å². The van der Waals surface area contributed by atoms with Crippen LogP contribution >= 0.6 is 11.6 Å². The molecule has 23 heavy (non-hydrogen) atoms. The highest BCUT2D eigenvalue weighted by Gasteiger charge is 2.47. The van der Waals surface area contributed by atoms with E-state index in [2.05, 4.69) is 10.3 Å². The maximum absolute atomic E-state index is 12.7. The molecule has 1 heterocycles. The first-order chi connectivity index (χ1) is 10.9. The van der Waals surface area contributed by atoms with Crippen LogP contribution in [0.3, 0.4) is 0 Å². The molecule has 0 spiro atoms. The van der Waals surface area contributed by atoms with Gasteiger partial charge in [0.2, 0.25) is 0 Å². The van der Waals surface area contributed by atoms with Crippen molar-refractivity contribution in [2.45, 2.75) is 5.54 Å². The van der Waals surface area contributed by atoms with E-state index in [0.29, 0.717) is 16.1 Å². The molecule has 5 nitrogen and oxygen atoms in total. The van der Waals surface area contributed by atoms with E-state index in [4.69, 9.17) is 17.3 Å². The number of amides is 1. The zero-order valence-electron chi connectivity index (χ0n) is 12.9. The molecule has 1 aliphatic heterocycles. The highest BCUT2D eigenvalue weighted by molar-refractivity contribution is 6.32. The maximum atomic E-state index is 12.7. The molecule has 0 aromatic heterocycles. The Bertz CT molecular complexity index is 785. The van der Waals surface area contributed by atoms with Gasteiger partial charge in [-0.05, 0) is 23.8 Å². The summed E-state index contributed by atoms with van der Waals surface area (Å²) >= 11 is 6.34. The first-order valence-corrected chi connectivity index (χ1v) is 7.52. The monoisotopic (exact) mass is 328 g/mol. The number of carbonyl (C=O) groups is 1. The Balaban J connectivity index is 2.22. The number of rotatable bonds is 3. The summed E-state index contributed by atoms with van der Waals surface area (Å²) in [4.78, 5) is 19.1. The minimum Gasteiger partial charge on any atom is -0.378 e. The molecular formula is C17H17ClN4O. The quantitative estimate of drug-likeness (QED) is 0.906. The molecule has 0 fully saturated rings. The summed E-state index contributed by atoms with van der Waals surface area (Å²) in [5, 5.41) is 3.06. The topological polar surface area (TPSA) is 70.7 Å². The van der Waals surface area contributed by atoms with Gasteiger partial charge in [-0.2, -0.15) is 0 Å². The molecular weight excluding hydrogens is 312 g/mol. The van der Waals surface area contributed by atoms with E-state index in [9.17, 15) is 4.79 Å². The number of nitrogens with two attached hydrogens (primary N) is 1. The van der Waals surface area contributed by atoms with Gasteiger partial charge in [0.1, 0.15) is 0 Å².